The standard InChI is InChI=1S/C48H48S2/c1-37(11-9-13-41-23-33-47(49-5)34-24-41)17-27-43(45-29-19-39(3)20-30-45)15-7-8-16-44(46-31-21-40(4)22-32-46)28-18-38(2)12-10-14-42-25-35-48(50-6)36-26-42/h7-36H,1-6H3. The van der Waals surface area contributed by atoms with Crippen LogP contribution in [0.5, 0.6) is 0 Å². The normalized spacial score (nSPS) is 13.6. The van der Waals surface area contributed by atoms with E-state index < -0.39 is 0 Å². The zero-order valence-electron chi connectivity index (χ0n) is 30.1. The molecule has 0 unspecified atom stereocenters. The van der Waals surface area contributed by atoms with Gasteiger partial charge < -0.3 is 0 Å². The van der Waals surface area contributed by atoms with Gasteiger partial charge in [-0.1, -0.05) is 180 Å². The molecular weight excluding hydrogens is 641 g/mol. The molecule has 4 rings (SSSR count). The molecule has 0 aromatic heterocycles. The lowest BCUT2D eigenvalue weighted by molar-refractivity contribution is 1.45. The van der Waals surface area contributed by atoms with Crippen molar-refractivity contribution in [2.75, 3.05) is 12.5 Å². The number of allylic oxidation sites excluding steroid dienone is 16. The predicted molar refractivity (Wildman–Crippen MR) is 228 cm³/mol. The lowest BCUT2D eigenvalue weighted by atomic mass is 10.0. The Morgan fingerprint density at radius 1 is 0.420 bits per heavy atom. The Bertz CT molecular complexity index is 1790. The number of rotatable bonds is 14. The van der Waals surface area contributed by atoms with E-state index in [-0.39, 0.29) is 0 Å². The first-order chi connectivity index (χ1) is 24.3. The summed E-state index contributed by atoms with van der Waals surface area (Å²) >= 11 is 3.52. The summed E-state index contributed by atoms with van der Waals surface area (Å²) in [4.78, 5) is 2.55. The van der Waals surface area contributed by atoms with Crippen molar-refractivity contribution < 1.29 is 0 Å². The van der Waals surface area contributed by atoms with Crippen LogP contribution in [0.2, 0.25) is 0 Å². The van der Waals surface area contributed by atoms with Gasteiger partial charge in [-0.15, -0.1) is 23.5 Å². The van der Waals surface area contributed by atoms with Crippen molar-refractivity contribution in [2.45, 2.75) is 37.5 Å². The minimum absolute atomic E-state index is 1.15. The summed E-state index contributed by atoms with van der Waals surface area (Å²) in [6.07, 6.45) is 34.4. The second-order valence-electron chi connectivity index (χ2n) is 12.1. The average Bonchev–Trinajstić information content (AvgIpc) is 3.14. The van der Waals surface area contributed by atoms with Crippen molar-refractivity contribution in [3.8, 4) is 0 Å². The first-order valence-electron chi connectivity index (χ1n) is 16.9. The van der Waals surface area contributed by atoms with Crippen molar-refractivity contribution in [3.05, 3.63) is 215 Å². The first kappa shape index (κ1) is 38.0. The Labute approximate surface area is 309 Å². The molecule has 0 aliphatic heterocycles. The lowest BCUT2D eigenvalue weighted by Gasteiger charge is -2.04. The maximum Gasteiger partial charge on any atom is 0.00695 e. The minimum Gasteiger partial charge on any atom is -0.130 e. The highest BCUT2D eigenvalue weighted by atomic mass is 32.2. The molecule has 0 aliphatic rings. The fraction of sp³-hybridized carbons (Fsp3) is 0.125. The molecule has 0 heterocycles. The van der Waals surface area contributed by atoms with E-state index in [1.54, 1.807) is 23.5 Å². The van der Waals surface area contributed by atoms with E-state index in [0.29, 0.717) is 0 Å². The monoisotopic (exact) mass is 688 g/mol. The Balaban J connectivity index is 1.54. The van der Waals surface area contributed by atoms with Crippen LogP contribution in [0.4, 0.5) is 0 Å². The fourth-order valence-electron chi connectivity index (χ4n) is 4.91. The van der Waals surface area contributed by atoms with Crippen molar-refractivity contribution in [2.24, 2.45) is 0 Å². The minimum atomic E-state index is 1.15. The van der Waals surface area contributed by atoms with Gasteiger partial charge in [-0.2, -0.15) is 0 Å². The molecule has 50 heavy (non-hydrogen) atoms. The average molecular weight is 689 g/mol. The van der Waals surface area contributed by atoms with E-state index in [2.05, 4.69) is 222 Å². The van der Waals surface area contributed by atoms with Crippen LogP contribution in [-0.2, 0) is 0 Å². The van der Waals surface area contributed by atoms with E-state index in [4.69, 9.17) is 0 Å². The summed E-state index contributed by atoms with van der Waals surface area (Å²) in [5.41, 5.74) is 11.9. The Hall–Kier alpha value is -4.76. The molecule has 4 aromatic rings. The largest absolute Gasteiger partial charge is 0.130 e. The zero-order chi connectivity index (χ0) is 35.6. The maximum absolute atomic E-state index is 2.20. The summed E-state index contributed by atoms with van der Waals surface area (Å²) in [6, 6.07) is 34.7. The number of hydrogen-bond acceptors (Lipinski definition) is 2. The summed E-state index contributed by atoms with van der Waals surface area (Å²) in [5.74, 6) is 0. The predicted octanol–water partition coefficient (Wildman–Crippen LogP) is 14.2. The van der Waals surface area contributed by atoms with E-state index in [1.807, 2.05) is 0 Å². The van der Waals surface area contributed by atoms with Gasteiger partial charge in [0.2, 0.25) is 0 Å². The molecule has 2 heteroatoms. The molecule has 4 aromatic carbocycles. The molecule has 0 saturated heterocycles. The molecule has 0 atom stereocenters. The van der Waals surface area contributed by atoms with Crippen LogP contribution in [0.15, 0.2) is 191 Å². The summed E-state index contributed by atoms with van der Waals surface area (Å²) in [7, 11) is 0. The highest BCUT2D eigenvalue weighted by molar-refractivity contribution is 7.98. The van der Waals surface area contributed by atoms with Crippen LogP contribution in [-0.4, -0.2) is 12.5 Å². The molecule has 0 nitrogen and oxygen atoms in total. The highest BCUT2D eigenvalue weighted by Crippen LogP contribution is 2.21. The molecule has 0 fully saturated rings. The Morgan fingerprint density at radius 3 is 1.12 bits per heavy atom. The van der Waals surface area contributed by atoms with Crippen LogP contribution in [0.1, 0.15) is 47.2 Å². The third kappa shape index (κ3) is 13.3. The van der Waals surface area contributed by atoms with Gasteiger partial charge in [-0.25, -0.2) is 0 Å². The van der Waals surface area contributed by atoms with Gasteiger partial charge in [-0.05, 0) is 97.9 Å². The van der Waals surface area contributed by atoms with Crippen LogP contribution in [0, 0.1) is 13.8 Å². The van der Waals surface area contributed by atoms with Gasteiger partial charge in [0.1, 0.15) is 0 Å². The van der Waals surface area contributed by atoms with Crippen LogP contribution < -0.4 is 0 Å². The fourth-order valence-corrected chi connectivity index (χ4v) is 5.73. The van der Waals surface area contributed by atoms with Crippen molar-refractivity contribution in [1.29, 1.82) is 0 Å². The van der Waals surface area contributed by atoms with Gasteiger partial charge in [-0.3, -0.25) is 0 Å². The second-order valence-corrected chi connectivity index (χ2v) is 13.9. The quantitative estimate of drug-likeness (QED) is 0.0955. The van der Waals surface area contributed by atoms with Crippen LogP contribution in [0.25, 0.3) is 23.3 Å². The molecule has 252 valence electrons. The van der Waals surface area contributed by atoms with Gasteiger partial charge in [0, 0.05) is 9.79 Å². The third-order valence-electron chi connectivity index (χ3n) is 8.01. The summed E-state index contributed by atoms with van der Waals surface area (Å²) in [6.45, 7) is 8.52. The van der Waals surface area contributed by atoms with Gasteiger partial charge >= 0.3 is 0 Å². The maximum atomic E-state index is 2.20. The summed E-state index contributed by atoms with van der Waals surface area (Å²) < 4.78 is 0. The van der Waals surface area contributed by atoms with Crippen molar-refractivity contribution in [1.82, 2.24) is 0 Å². The van der Waals surface area contributed by atoms with Gasteiger partial charge in [0.25, 0.3) is 0 Å². The molecule has 0 spiro atoms. The second kappa shape index (κ2) is 20.7. The Kier molecular flexibility index (Phi) is 15.7. The highest BCUT2D eigenvalue weighted by Gasteiger charge is 1.99. The topological polar surface area (TPSA) is 0 Å². The molecule has 0 N–H and O–H groups in total. The van der Waals surface area contributed by atoms with Crippen molar-refractivity contribution in [3.63, 3.8) is 0 Å². The number of hydrogen-bond donors (Lipinski definition) is 0. The van der Waals surface area contributed by atoms with E-state index in [9.17, 15) is 0 Å². The van der Waals surface area contributed by atoms with Gasteiger partial charge in [0.05, 0.1) is 0 Å². The van der Waals surface area contributed by atoms with E-state index in [0.717, 1.165) is 11.1 Å². The van der Waals surface area contributed by atoms with Crippen LogP contribution in [0.3, 0.4) is 0 Å². The number of thioether (sulfide) groups is 2. The zero-order valence-corrected chi connectivity index (χ0v) is 31.8. The third-order valence-corrected chi connectivity index (χ3v) is 9.50. The molecule has 0 amide bonds. The van der Waals surface area contributed by atoms with Gasteiger partial charge in [0.15, 0.2) is 0 Å². The lowest BCUT2D eigenvalue weighted by Crippen LogP contribution is -1.83. The first-order valence-corrected chi connectivity index (χ1v) is 19.3. The number of aryl methyl sites for hydroxylation is 2. The van der Waals surface area contributed by atoms with Crippen LogP contribution >= 0.6 is 23.5 Å². The SMILES string of the molecule is CSc1ccc(C=CC=C(C)C=CC(=CC=CC=C(C=CC(C)=CC=Cc2ccc(SC)cc2)c2ccc(C)cc2)c2ccc(C)cc2)cc1. The Morgan fingerprint density at radius 2 is 0.780 bits per heavy atom. The molecule has 0 aliphatic carbocycles. The molecule has 0 bridgehead atoms. The number of benzene rings is 4. The summed E-state index contributed by atoms with van der Waals surface area (Å²) in [5, 5.41) is 0. The smallest absolute Gasteiger partial charge is 0.00695 e. The van der Waals surface area contributed by atoms with E-state index >= 15 is 0 Å². The van der Waals surface area contributed by atoms with Crippen molar-refractivity contribution >= 4 is 46.8 Å². The van der Waals surface area contributed by atoms with E-state index in [1.165, 1.54) is 54.3 Å². The molecule has 0 saturated carbocycles. The molecule has 0 radical (unpaired) electrons. The molecular formula is C48H48S2.